The lowest BCUT2D eigenvalue weighted by Gasteiger charge is -1.88. The van der Waals surface area contributed by atoms with Crippen molar-refractivity contribution in [1.29, 1.82) is 0 Å². The van der Waals surface area contributed by atoms with Gasteiger partial charge in [-0.15, -0.1) is 0 Å². The van der Waals surface area contributed by atoms with Crippen LogP contribution in [0.2, 0.25) is 5.28 Å². The predicted octanol–water partition coefficient (Wildman–Crippen LogP) is 0.904. The molecule has 0 unspecified atom stereocenters. The first-order valence-electron chi connectivity index (χ1n) is 2.98. The molecule has 0 aromatic carbocycles. The maximum atomic E-state index is 11.2. The molecule has 5 nitrogen and oxygen atoms in total. The van der Waals surface area contributed by atoms with Crippen molar-refractivity contribution >= 4 is 45.2 Å². The highest BCUT2D eigenvalue weighted by Gasteiger charge is 2.08. The normalized spacial score (nSPS) is 10.8. The molecule has 2 aromatic rings. The van der Waals surface area contributed by atoms with E-state index in [1.54, 1.807) is 0 Å². The largest absolute Gasteiger partial charge is 0.296 e. The summed E-state index contributed by atoms with van der Waals surface area (Å²) in [5.41, 5.74) is 0.135. The fourth-order valence-electron chi connectivity index (χ4n) is 0.876. The molecule has 2 rings (SSSR count). The fraction of sp³-hybridized carbons (Fsp3) is 0. The smallest absolute Gasteiger partial charge is 0.264 e. The Kier molecular flexibility index (Phi) is 1.80. The van der Waals surface area contributed by atoms with Crippen LogP contribution in [0.25, 0.3) is 11.0 Å². The molecule has 0 spiro atoms. The lowest BCUT2D eigenvalue weighted by Crippen LogP contribution is -2.07. The summed E-state index contributed by atoms with van der Waals surface area (Å²) in [6.07, 6.45) is 0. The number of rotatable bonds is 0. The molecule has 62 valence electrons. The maximum absolute atomic E-state index is 11.2. The molecule has 2 aromatic heterocycles. The molecule has 0 atom stereocenters. The molecule has 2 heterocycles. The number of H-pyrrole nitrogens is 2. The molecule has 0 fully saturated rings. The van der Waals surface area contributed by atoms with Crippen LogP contribution >= 0.6 is 34.2 Å². The molecule has 2 N–H and O–H groups in total. The first-order valence-corrected chi connectivity index (χ1v) is 4.43. The third-order valence-corrected chi connectivity index (χ3v) is 2.32. The summed E-state index contributed by atoms with van der Waals surface area (Å²) in [5.74, 6) is 0. The van der Waals surface area contributed by atoms with Crippen LogP contribution in [0.4, 0.5) is 0 Å². The van der Waals surface area contributed by atoms with Crippen LogP contribution in [0.3, 0.4) is 0 Å². The van der Waals surface area contributed by atoms with E-state index in [2.05, 4.69) is 20.2 Å². The van der Waals surface area contributed by atoms with Gasteiger partial charge in [-0.05, 0) is 34.2 Å². The summed E-state index contributed by atoms with van der Waals surface area (Å²) in [6, 6.07) is 0. The third kappa shape index (κ3) is 1.11. The van der Waals surface area contributed by atoms with Crippen LogP contribution in [0.15, 0.2) is 4.79 Å². The molecule has 0 aliphatic heterocycles. The SMILES string of the molecule is O=c1[nH]c(Cl)nc2[nH]nc(I)c12. The average Bonchev–Trinajstić information content (AvgIpc) is 2.31. The van der Waals surface area contributed by atoms with Crippen LogP contribution in [0.1, 0.15) is 0 Å². The van der Waals surface area contributed by atoms with Crippen molar-refractivity contribution in [2.75, 3.05) is 0 Å². The Morgan fingerprint density at radius 1 is 1.50 bits per heavy atom. The van der Waals surface area contributed by atoms with Crippen LogP contribution in [-0.2, 0) is 0 Å². The van der Waals surface area contributed by atoms with Gasteiger partial charge in [0.2, 0.25) is 5.28 Å². The molecular formula is C5H2ClIN4O. The quantitative estimate of drug-likeness (QED) is 0.560. The van der Waals surface area contributed by atoms with E-state index in [9.17, 15) is 4.79 Å². The van der Waals surface area contributed by atoms with Crippen molar-refractivity contribution in [2.45, 2.75) is 0 Å². The summed E-state index contributed by atoms with van der Waals surface area (Å²) >= 11 is 7.46. The van der Waals surface area contributed by atoms with Crippen molar-refractivity contribution in [3.63, 3.8) is 0 Å². The van der Waals surface area contributed by atoms with Gasteiger partial charge in [-0.3, -0.25) is 14.9 Å². The van der Waals surface area contributed by atoms with Gasteiger partial charge in [0.25, 0.3) is 5.56 Å². The minimum atomic E-state index is -0.275. The van der Waals surface area contributed by atoms with E-state index in [0.717, 1.165) is 0 Å². The summed E-state index contributed by atoms with van der Waals surface area (Å²) in [7, 11) is 0. The Hall–Kier alpha value is -0.630. The van der Waals surface area contributed by atoms with E-state index in [0.29, 0.717) is 14.7 Å². The van der Waals surface area contributed by atoms with E-state index in [1.807, 2.05) is 22.6 Å². The second-order valence-corrected chi connectivity index (χ2v) is 3.47. The molecule has 12 heavy (non-hydrogen) atoms. The van der Waals surface area contributed by atoms with Gasteiger partial charge < -0.3 is 0 Å². The number of nitrogens with zero attached hydrogens (tertiary/aromatic N) is 2. The van der Waals surface area contributed by atoms with Crippen molar-refractivity contribution in [3.05, 3.63) is 19.3 Å². The van der Waals surface area contributed by atoms with Gasteiger partial charge in [-0.25, -0.2) is 0 Å². The van der Waals surface area contributed by atoms with Gasteiger partial charge in [-0.1, -0.05) is 0 Å². The number of hydrogen-bond acceptors (Lipinski definition) is 3. The highest BCUT2D eigenvalue weighted by molar-refractivity contribution is 14.1. The maximum Gasteiger partial charge on any atom is 0.264 e. The number of aromatic amines is 2. The number of hydrogen-bond donors (Lipinski definition) is 2. The molecule has 0 saturated heterocycles. The van der Waals surface area contributed by atoms with Gasteiger partial charge in [0.05, 0.1) is 0 Å². The van der Waals surface area contributed by atoms with Crippen molar-refractivity contribution in [3.8, 4) is 0 Å². The molecule has 0 saturated carbocycles. The minimum absolute atomic E-state index is 0.0625. The van der Waals surface area contributed by atoms with Crippen LogP contribution in [0.5, 0.6) is 0 Å². The standard InChI is InChI=1S/C5H2ClIN4O/c6-5-8-3-1(4(12)9-5)2(7)10-11-3/h(H2,8,9,10,11,12). The molecule has 0 radical (unpaired) electrons. The molecule has 0 aliphatic rings. The lowest BCUT2D eigenvalue weighted by atomic mass is 10.4. The molecular weight excluding hydrogens is 294 g/mol. The minimum Gasteiger partial charge on any atom is -0.296 e. The van der Waals surface area contributed by atoms with Crippen molar-refractivity contribution < 1.29 is 0 Å². The van der Waals surface area contributed by atoms with Crippen molar-refractivity contribution in [1.82, 2.24) is 20.2 Å². The van der Waals surface area contributed by atoms with Gasteiger partial charge >= 0.3 is 0 Å². The van der Waals surface area contributed by atoms with Crippen LogP contribution in [-0.4, -0.2) is 20.2 Å². The second kappa shape index (κ2) is 2.70. The highest BCUT2D eigenvalue weighted by Crippen LogP contribution is 2.11. The Morgan fingerprint density at radius 2 is 2.25 bits per heavy atom. The summed E-state index contributed by atoms with van der Waals surface area (Å²) in [5, 5.41) is 6.92. The van der Waals surface area contributed by atoms with E-state index < -0.39 is 0 Å². The first kappa shape index (κ1) is 7.99. The Bertz CT molecular complexity index is 490. The van der Waals surface area contributed by atoms with Crippen molar-refractivity contribution in [2.24, 2.45) is 0 Å². The van der Waals surface area contributed by atoms with Gasteiger partial charge in [0, 0.05) is 0 Å². The summed E-state index contributed by atoms with van der Waals surface area (Å²) in [4.78, 5) is 17.5. The summed E-state index contributed by atoms with van der Waals surface area (Å²) < 4.78 is 0.591. The van der Waals surface area contributed by atoms with Crippen LogP contribution < -0.4 is 5.56 Å². The van der Waals surface area contributed by atoms with E-state index in [4.69, 9.17) is 11.6 Å². The number of aromatic nitrogens is 4. The molecule has 0 aliphatic carbocycles. The Morgan fingerprint density at radius 3 is 3.00 bits per heavy atom. The number of nitrogens with one attached hydrogen (secondary N) is 2. The van der Waals surface area contributed by atoms with Gasteiger partial charge in [0.15, 0.2) is 5.65 Å². The molecule has 0 bridgehead atoms. The van der Waals surface area contributed by atoms with E-state index in [1.165, 1.54) is 0 Å². The Labute approximate surface area is 84.7 Å². The zero-order valence-corrected chi connectivity index (χ0v) is 8.47. The summed E-state index contributed by atoms with van der Waals surface area (Å²) in [6.45, 7) is 0. The number of halogens is 2. The zero-order chi connectivity index (χ0) is 8.72. The van der Waals surface area contributed by atoms with E-state index >= 15 is 0 Å². The third-order valence-electron chi connectivity index (χ3n) is 1.36. The second-order valence-electron chi connectivity index (χ2n) is 2.09. The monoisotopic (exact) mass is 296 g/mol. The average molecular weight is 296 g/mol. The van der Waals surface area contributed by atoms with Gasteiger partial charge in [-0.2, -0.15) is 10.1 Å². The predicted molar refractivity (Wildman–Crippen MR) is 52.2 cm³/mol. The Balaban J connectivity index is 3.03. The first-order chi connectivity index (χ1) is 5.68. The van der Waals surface area contributed by atoms with Crippen LogP contribution in [0, 0.1) is 3.70 Å². The number of fused-ring (bicyclic) bond motifs is 1. The zero-order valence-electron chi connectivity index (χ0n) is 5.56. The topological polar surface area (TPSA) is 74.4 Å². The molecule has 0 amide bonds. The molecule has 7 heteroatoms. The van der Waals surface area contributed by atoms with E-state index in [-0.39, 0.29) is 10.8 Å². The fourth-order valence-corrected chi connectivity index (χ4v) is 1.67. The highest BCUT2D eigenvalue weighted by atomic mass is 127. The van der Waals surface area contributed by atoms with Gasteiger partial charge in [0.1, 0.15) is 9.09 Å². The lowest BCUT2D eigenvalue weighted by molar-refractivity contribution is 1.07.